The van der Waals surface area contributed by atoms with E-state index in [0.29, 0.717) is 23.6 Å². The molecule has 1 fully saturated rings. The Balaban J connectivity index is 1.54. The molecule has 3 aromatic rings. The highest BCUT2D eigenvalue weighted by Crippen LogP contribution is 2.26. The number of nitrogens with zero attached hydrogens (tertiary/aromatic N) is 1. The van der Waals surface area contributed by atoms with E-state index in [4.69, 9.17) is 4.74 Å². The van der Waals surface area contributed by atoms with Gasteiger partial charge in [0.25, 0.3) is 11.8 Å². The molecular formula is C27H23IN2O4. The first kappa shape index (κ1) is 23.7. The topological polar surface area (TPSA) is 75.7 Å². The van der Waals surface area contributed by atoms with Crippen LogP contribution in [0.3, 0.4) is 0 Å². The number of benzene rings is 3. The quantitative estimate of drug-likeness (QED) is 0.246. The van der Waals surface area contributed by atoms with Crippen LogP contribution in [0, 0.1) is 10.5 Å². The lowest BCUT2D eigenvalue weighted by molar-refractivity contribution is -0.122. The summed E-state index contributed by atoms with van der Waals surface area (Å²) in [7, 11) is 0. The summed E-state index contributed by atoms with van der Waals surface area (Å²) in [6.45, 7) is 4.49. The van der Waals surface area contributed by atoms with E-state index in [-0.39, 0.29) is 5.57 Å². The molecule has 1 heterocycles. The maximum atomic E-state index is 13.1. The molecular weight excluding hydrogens is 543 g/mol. The molecule has 6 nitrogen and oxygen atoms in total. The van der Waals surface area contributed by atoms with Crippen molar-refractivity contribution in [2.24, 2.45) is 0 Å². The average molecular weight is 566 g/mol. The third kappa shape index (κ3) is 5.20. The molecule has 4 rings (SSSR count). The second-order valence-electron chi connectivity index (χ2n) is 7.94. The zero-order valence-electron chi connectivity index (χ0n) is 18.8. The van der Waals surface area contributed by atoms with Crippen LogP contribution in [-0.4, -0.2) is 17.8 Å². The van der Waals surface area contributed by atoms with Crippen molar-refractivity contribution in [1.29, 1.82) is 0 Å². The lowest BCUT2D eigenvalue weighted by atomic mass is 10.1. The second-order valence-corrected chi connectivity index (χ2v) is 9.10. The summed E-state index contributed by atoms with van der Waals surface area (Å²) in [4.78, 5) is 38.9. The van der Waals surface area contributed by atoms with Crippen molar-refractivity contribution in [3.63, 3.8) is 0 Å². The van der Waals surface area contributed by atoms with Crippen molar-refractivity contribution < 1.29 is 19.1 Å². The molecule has 1 saturated heterocycles. The summed E-state index contributed by atoms with van der Waals surface area (Å²) in [5.74, 6) is -0.672. The van der Waals surface area contributed by atoms with Crippen LogP contribution < -0.4 is 15.0 Å². The number of anilines is 1. The van der Waals surface area contributed by atoms with Crippen LogP contribution in [0.2, 0.25) is 0 Å². The van der Waals surface area contributed by atoms with Crippen molar-refractivity contribution in [2.75, 3.05) is 4.90 Å². The Labute approximate surface area is 211 Å². The van der Waals surface area contributed by atoms with Gasteiger partial charge in [-0.05, 0) is 83.0 Å². The number of urea groups is 1. The van der Waals surface area contributed by atoms with Crippen LogP contribution in [0.15, 0.2) is 72.3 Å². The summed E-state index contributed by atoms with van der Waals surface area (Å²) in [6.07, 6.45) is 2.33. The maximum absolute atomic E-state index is 13.1. The van der Waals surface area contributed by atoms with E-state index in [1.54, 1.807) is 24.3 Å². The van der Waals surface area contributed by atoms with Gasteiger partial charge in [-0.15, -0.1) is 0 Å². The lowest BCUT2D eigenvalue weighted by Gasteiger charge is -2.26. The Kier molecular flexibility index (Phi) is 7.12. The van der Waals surface area contributed by atoms with Crippen LogP contribution in [0.5, 0.6) is 5.75 Å². The van der Waals surface area contributed by atoms with Gasteiger partial charge in [0.15, 0.2) is 0 Å². The van der Waals surface area contributed by atoms with Gasteiger partial charge in [0.05, 0.1) is 9.26 Å². The summed E-state index contributed by atoms with van der Waals surface area (Å²) < 4.78 is 6.77. The van der Waals surface area contributed by atoms with Crippen LogP contribution in [0.4, 0.5) is 10.5 Å². The molecule has 7 heteroatoms. The summed E-state index contributed by atoms with van der Waals surface area (Å²) in [6, 6.07) is 19.9. The van der Waals surface area contributed by atoms with Gasteiger partial charge in [0, 0.05) is 0 Å². The van der Waals surface area contributed by atoms with Gasteiger partial charge in [-0.1, -0.05) is 55.0 Å². The van der Waals surface area contributed by atoms with Gasteiger partial charge in [0.1, 0.15) is 17.9 Å². The van der Waals surface area contributed by atoms with Gasteiger partial charge in [-0.2, -0.15) is 0 Å². The van der Waals surface area contributed by atoms with Crippen LogP contribution in [0.25, 0.3) is 6.08 Å². The van der Waals surface area contributed by atoms with Gasteiger partial charge in [0.2, 0.25) is 0 Å². The number of carbonyl (C=O) groups is 3. The molecule has 4 amide bonds. The number of ether oxygens (including phenoxy) is 1. The molecule has 0 bridgehead atoms. The minimum Gasteiger partial charge on any atom is -0.488 e. The van der Waals surface area contributed by atoms with E-state index < -0.39 is 17.8 Å². The molecule has 0 radical (unpaired) electrons. The second kappa shape index (κ2) is 10.2. The highest BCUT2D eigenvalue weighted by atomic mass is 127. The molecule has 0 atom stereocenters. The zero-order valence-corrected chi connectivity index (χ0v) is 21.0. The van der Waals surface area contributed by atoms with Crippen molar-refractivity contribution in [1.82, 2.24) is 5.32 Å². The van der Waals surface area contributed by atoms with Crippen molar-refractivity contribution in [3.8, 4) is 5.75 Å². The fraction of sp³-hybridized carbons (Fsp3) is 0.148. The van der Waals surface area contributed by atoms with Gasteiger partial charge < -0.3 is 4.74 Å². The molecule has 1 aliphatic heterocycles. The maximum Gasteiger partial charge on any atom is 0.335 e. The summed E-state index contributed by atoms with van der Waals surface area (Å²) >= 11 is 2.16. The Morgan fingerprint density at radius 2 is 1.62 bits per heavy atom. The van der Waals surface area contributed by atoms with E-state index in [1.807, 2.05) is 56.3 Å². The fourth-order valence-corrected chi connectivity index (χ4v) is 4.20. The smallest absolute Gasteiger partial charge is 0.335 e. The molecule has 1 N–H and O–H groups in total. The first-order valence-electron chi connectivity index (χ1n) is 10.8. The van der Waals surface area contributed by atoms with Crippen LogP contribution >= 0.6 is 22.6 Å². The molecule has 34 heavy (non-hydrogen) atoms. The first-order valence-corrected chi connectivity index (χ1v) is 11.9. The standard InChI is InChI=1S/C27H23IN2O4/c1-3-18-8-11-21(12-9-18)30-26(32)22(25(31)29-27(30)33)14-20-10-13-24(23(28)15-20)34-16-19-6-4-17(2)5-7-19/h4-15H,3,16H2,1-2H3,(H,29,31,33)/b22-14-. The average Bonchev–Trinajstić information content (AvgIpc) is 2.82. The molecule has 0 spiro atoms. The highest BCUT2D eigenvalue weighted by Gasteiger charge is 2.36. The Morgan fingerprint density at radius 1 is 0.941 bits per heavy atom. The number of amides is 4. The number of hydrogen-bond donors (Lipinski definition) is 1. The highest BCUT2D eigenvalue weighted by molar-refractivity contribution is 14.1. The predicted molar refractivity (Wildman–Crippen MR) is 139 cm³/mol. The lowest BCUT2D eigenvalue weighted by Crippen LogP contribution is -2.54. The molecule has 1 aliphatic rings. The minimum atomic E-state index is -0.758. The Morgan fingerprint density at radius 3 is 2.26 bits per heavy atom. The third-order valence-electron chi connectivity index (χ3n) is 5.49. The van der Waals surface area contributed by atoms with Gasteiger partial charge >= 0.3 is 6.03 Å². The van der Waals surface area contributed by atoms with Crippen LogP contribution in [-0.2, 0) is 22.6 Å². The molecule has 3 aromatic carbocycles. The molecule has 0 aromatic heterocycles. The zero-order chi connectivity index (χ0) is 24.2. The summed E-state index contributed by atoms with van der Waals surface area (Å²) in [5, 5.41) is 2.26. The summed E-state index contributed by atoms with van der Waals surface area (Å²) in [5.41, 5.74) is 4.29. The molecule has 0 aliphatic carbocycles. The number of rotatable bonds is 6. The Hall–Kier alpha value is -3.46. The van der Waals surface area contributed by atoms with E-state index in [1.165, 1.54) is 11.6 Å². The Bertz CT molecular complexity index is 1280. The number of imide groups is 2. The SMILES string of the molecule is CCc1ccc(N2C(=O)NC(=O)/C(=C/c3ccc(OCc4ccc(C)cc4)c(I)c3)C2=O)cc1. The van der Waals surface area contributed by atoms with Crippen molar-refractivity contribution in [2.45, 2.75) is 26.9 Å². The number of carbonyl (C=O) groups excluding carboxylic acids is 3. The number of halogens is 1. The normalized spacial score (nSPS) is 15.0. The number of aryl methyl sites for hydroxylation is 2. The number of nitrogens with one attached hydrogen (secondary N) is 1. The van der Waals surface area contributed by atoms with Crippen LogP contribution in [0.1, 0.15) is 29.2 Å². The van der Waals surface area contributed by atoms with Crippen molar-refractivity contribution >= 4 is 52.2 Å². The van der Waals surface area contributed by atoms with E-state index >= 15 is 0 Å². The third-order valence-corrected chi connectivity index (χ3v) is 6.33. The molecule has 172 valence electrons. The monoisotopic (exact) mass is 566 g/mol. The fourth-order valence-electron chi connectivity index (χ4n) is 3.51. The molecule has 0 saturated carbocycles. The predicted octanol–water partition coefficient (Wildman–Crippen LogP) is 5.41. The largest absolute Gasteiger partial charge is 0.488 e. The van der Waals surface area contributed by atoms with Crippen molar-refractivity contribution in [3.05, 3.63) is 98.1 Å². The molecule has 0 unspecified atom stereocenters. The van der Waals surface area contributed by atoms with Gasteiger partial charge in [-0.25, -0.2) is 9.69 Å². The van der Waals surface area contributed by atoms with Gasteiger partial charge in [-0.3, -0.25) is 14.9 Å². The number of barbiturate groups is 1. The van der Waals surface area contributed by atoms with E-state index in [2.05, 4.69) is 27.9 Å². The number of hydrogen-bond acceptors (Lipinski definition) is 4. The van der Waals surface area contributed by atoms with E-state index in [9.17, 15) is 14.4 Å². The van der Waals surface area contributed by atoms with E-state index in [0.717, 1.165) is 26.0 Å². The minimum absolute atomic E-state index is 0.108. The first-order chi connectivity index (χ1) is 16.4.